The largest absolute Gasteiger partial charge is 0.298 e. The van der Waals surface area contributed by atoms with Crippen LogP contribution >= 0.6 is 0 Å². The van der Waals surface area contributed by atoms with Crippen LogP contribution in [0, 0.1) is 17.3 Å². The Morgan fingerprint density at radius 3 is 2.78 bits per heavy atom. The van der Waals surface area contributed by atoms with E-state index in [-0.39, 0.29) is 5.41 Å². The molecule has 0 spiro atoms. The van der Waals surface area contributed by atoms with Crippen molar-refractivity contribution in [3.8, 4) is 11.8 Å². The van der Waals surface area contributed by atoms with Crippen LogP contribution in [0.5, 0.6) is 0 Å². The van der Waals surface area contributed by atoms with E-state index >= 15 is 0 Å². The first kappa shape index (κ1) is 17.3. The highest BCUT2D eigenvalue weighted by Gasteiger charge is 2.10. The van der Waals surface area contributed by atoms with Crippen LogP contribution in [0.25, 0.3) is 5.57 Å². The minimum Gasteiger partial charge on any atom is -0.298 e. The lowest BCUT2D eigenvalue weighted by Gasteiger charge is -2.18. The van der Waals surface area contributed by atoms with Crippen molar-refractivity contribution < 1.29 is 0 Å². The average Bonchev–Trinajstić information content (AvgIpc) is 2.68. The first-order valence-corrected chi connectivity index (χ1v) is 8.26. The van der Waals surface area contributed by atoms with E-state index in [4.69, 9.17) is 0 Å². The van der Waals surface area contributed by atoms with Gasteiger partial charge in [-0.2, -0.15) is 0 Å². The SMILES string of the molecule is CN(C/C=C/C#CC(C)(C)C)CC1=CC=CCc2ccccc21. The Hall–Kier alpha value is -2.04. The van der Waals surface area contributed by atoms with Crippen LogP contribution in [0.3, 0.4) is 0 Å². The Balaban J connectivity index is 1.96. The molecule has 0 aromatic heterocycles. The molecule has 1 nitrogen and oxygen atoms in total. The maximum absolute atomic E-state index is 3.22. The van der Waals surface area contributed by atoms with Crippen molar-refractivity contribution in [3.05, 3.63) is 65.8 Å². The van der Waals surface area contributed by atoms with E-state index in [0.717, 1.165) is 19.5 Å². The van der Waals surface area contributed by atoms with E-state index < -0.39 is 0 Å². The Morgan fingerprint density at radius 1 is 1.22 bits per heavy atom. The second-order valence-corrected chi connectivity index (χ2v) is 7.10. The summed E-state index contributed by atoms with van der Waals surface area (Å²) in [4.78, 5) is 2.32. The summed E-state index contributed by atoms with van der Waals surface area (Å²) in [5, 5.41) is 0. The van der Waals surface area contributed by atoms with Gasteiger partial charge in [-0.15, -0.1) is 0 Å². The molecule has 0 amide bonds. The van der Waals surface area contributed by atoms with Gasteiger partial charge >= 0.3 is 0 Å². The molecule has 23 heavy (non-hydrogen) atoms. The Morgan fingerprint density at radius 2 is 2.00 bits per heavy atom. The normalized spacial score (nSPS) is 14.2. The number of rotatable bonds is 4. The van der Waals surface area contributed by atoms with Crippen molar-refractivity contribution in [2.24, 2.45) is 5.41 Å². The van der Waals surface area contributed by atoms with E-state index in [9.17, 15) is 0 Å². The quantitative estimate of drug-likeness (QED) is 0.728. The second kappa shape index (κ2) is 7.99. The van der Waals surface area contributed by atoms with Gasteiger partial charge in [0.2, 0.25) is 0 Å². The molecule has 1 aliphatic carbocycles. The highest BCUT2D eigenvalue weighted by atomic mass is 15.1. The summed E-state index contributed by atoms with van der Waals surface area (Å²) < 4.78 is 0. The van der Waals surface area contributed by atoms with Crippen LogP contribution < -0.4 is 0 Å². The van der Waals surface area contributed by atoms with Crippen LogP contribution in [-0.2, 0) is 6.42 Å². The predicted octanol–water partition coefficient (Wildman–Crippen LogP) is 4.72. The summed E-state index contributed by atoms with van der Waals surface area (Å²) in [6.45, 7) is 8.23. The molecule has 0 saturated carbocycles. The summed E-state index contributed by atoms with van der Waals surface area (Å²) in [5.74, 6) is 6.35. The molecule has 0 bridgehead atoms. The van der Waals surface area contributed by atoms with E-state index in [2.05, 4.69) is 93.1 Å². The van der Waals surface area contributed by atoms with Gasteiger partial charge in [-0.3, -0.25) is 4.90 Å². The van der Waals surface area contributed by atoms with Crippen LogP contribution in [0.15, 0.2) is 54.6 Å². The van der Waals surface area contributed by atoms with E-state index in [1.807, 2.05) is 6.08 Å². The standard InChI is InChI=1S/C22H27N/c1-22(2,3)16-10-5-11-17-23(4)18-20-14-7-6-12-19-13-8-9-15-21(19)20/h5-9,11,13-15H,12,17-18H2,1-4H3/b11-5+. The van der Waals surface area contributed by atoms with Crippen LogP contribution in [0.1, 0.15) is 31.9 Å². The summed E-state index contributed by atoms with van der Waals surface area (Å²) in [7, 11) is 2.15. The minimum atomic E-state index is 0.0669. The van der Waals surface area contributed by atoms with Gasteiger partial charge in [0.25, 0.3) is 0 Å². The number of nitrogens with zero attached hydrogens (tertiary/aromatic N) is 1. The van der Waals surface area contributed by atoms with Crippen molar-refractivity contribution in [1.29, 1.82) is 0 Å². The smallest absolute Gasteiger partial charge is 0.0240 e. The maximum Gasteiger partial charge on any atom is 0.0240 e. The molecule has 0 saturated heterocycles. The van der Waals surface area contributed by atoms with Gasteiger partial charge in [0.15, 0.2) is 0 Å². The molecule has 0 heterocycles. The van der Waals surface area contributed by atoms with Crippen molar-refractivity contribution in [3.63, 3.8) is 0 Å². The molecule has 1 aromatic carbocycles. The summed E-state index contributed by atoms with van der Waals surface area (Å²) in [6, 6.07) is 8.70. The fraction of sp³-hybridized carbons (Fsp3) is 0.364. The van der Waals surface area contributed by atoms with E-state index in [1.165, 1.54) is 16.7 Å². The molecular formula is C22H27N. The van der Waals surface area contributed by atoms with Crippen molar-refractivity contribution >= 4 is 5.57 Å². The van der Waals surface area contributed by atoms with Gasteiger partial charge < -0.3 is 0 Å². The van der Waals surface area contributed by atoms with E-state index in [0.29, 0.717) is 0 Å². The van der Waals surface area contributed by atoms with Crippen LogP contribution in [0.2, 0.25) is 0 Å². The molecule has 0 atom stereocenters. The molecular weight excluding hydrogens is 278 g/mol. The van der Waals surface area contributed by atoms with Gasteiger partial charge in [-0.25, -0.2) is 0 Å². The first-order chi connectivity index (χ1) is 11.0. The van der Waals surface area contributed by atoms with Gasteiger partial charge in [-0.05, 0) is 57.0 Å². The third kappa shape index (κ3) is 5.93. The highest BCUT2D eigenvalue weighted by Crippen LogP contribution is 2.23. The Bertz CT molecular complexity index is 672. The zero-order chi connectivity index (χ0) is 16.7. The second-order valence-electron chi connectivity index (χ2n) is 7.10. The average molecular weight is 305 g/mol. The lowest BCUT2D eigenvalue weighted by atomic mass is 9.98. The fourth-order valence-corrected chi connectivity index (χ4v) is 2.52. The van der Waals surface area contributed by atoms with Gasteiger partial charge in [0, 0.05) is 18.5 Å². The summed E-state index contributed by atoms with van der Waals surface area (Å²) in [5.41, 5.74) is 4.23. The molecule has 0 fully saturated rings. The fourth-order valence-electron chi connectivity index (χ4n) is 2.52. The molecule has 1 aliphatic rings. The molecule has 1 heteroatoms. The lowest BCUT2D eigenvalue weighted by molar-refractivity contribution is 0.418. The third-order valence-electron chi connectivity index (χ3n) is 3.64. The van der Waals surface area contributed by atoms with Crippen molar-refractivity contribution in [2.45, 2.75) is 27.2 Å². The first-order valence-electron chi connectivity index (χ1n) is 8.26. The monoisotopic (exact) mass is 305 g/mol. The molecule has 0 N–H and O–H groups in total. The molecule has 120 valence electrons. The van der Waals surface area contributed by atoms with Crippen LogP contribution in [0.4, 0.5) is 0 Å². The zero-order valence-corrected chi connectivity index (χ0v) is 14.8. The van der Waals surface area contributed by atoms with E-state index in [1.54, 1.807) is 0 Å². The van der Waals surface area contributed by atoms with Crippen molar-refractivity contribution in [2.75, 3.05) is 20.1 Å². The highest BCUT2D eigenvalue weighted by molar-refractivity contribution is 5.72. The number of fused-ring (bicyclic) bond motifs is 1. The topological polar surface area (TPSA) is 3.24 Å². The molecule has 0 unspecified atom stereocenters. The molecule has 2 rings (SSSR count). The number of benzene rings is 1. The number of allylic oxidation sites excluding steroid dienone is 4. The number of hydrogen-bond acceptors (Lipinski definition) is 1. The molecule has 0 radical (unpaired) electrons. The molecule has 1 aromatic rings. The number of likely N-dealkylation sites (N-methyl/N-ethyl adjacent to an activating group) is 1. The predicted molar refractivity (Wildman–Crippen MR) is 101 cm³/mol. The molecule has 0 aliphatic heterocycles. The number of hydrogen-bond donors (Lipinski definition) is 0. The third-order valence-corrected chi connectivity index (χ3v) is 3.64. The summed E-state index contributed by atoms with van der Waals surface area (Å²) in [6.07, 6.45) is 11.8. The van der Waals surface area contributed by atoms with Gasteiger partial charge in [0.1, 0.15) is 0 Å². The van der Waals surface area contributed by atoms with Gasteiger partial charge in [-0.1, -0.05) is 60.4 Å². The Labute approximate surface area is 141 Å². The van der Waals surface area contributed by atoms with Crippen molar-refractivity contribution in [1.82, 2.24) is 4.90 Å². The maximum atomic E-state index is 3.22. The van der Waals surface area contributed by atoms with Gasteiger partial charge in [0.05, 0.1) is 0 Å². The minimum absolute atomic E-state index is 0.0669. The summed E-state index contributed by atoms with van der Waals surface area (Å²) >= 11 is 0. The zero-order valence-electron chi connectivity index (χ0n) is 14.8. The van der Waals surface area contributed by atoms with Crippen LogP contribution in [-0.4, -0.2) is 25.0 Å². The lowest BCUT2D eigenvalue weighted by Crippen LogP contribution is -2.20. The Kier molecular flexibility index (Phi) is 6.02.